The maximum absolute atomic E-state index is 9.89. The van der Waals surface area contributed by atoms with Crippen molar-refractivity contribution in [3.63, 3.8) is 0 Å². The third-order valence-electron chi connectivity index (χ3n) is 6.79. The largest absolute Gasteiger partial charge is 0.512 e. The smallest absolute Gasteiger partial charge is 0.0925 e. The van der Waals surface area contributed by atoms with Gasteiger partial charge in [0.15, 0.2) is 0 Å². The first-order chi connectivity index (χ1) is 15.8. The van der Waals surface area contributed by atoms with Crippen LogP contribution in [-0.2, 0) is 10.8 Å². The molecule has 1 aliphatic carbocycles. The second-order valence-corrected chi connectivity index (χ2v) is 8.94. The van der Waals surface area contributed by atoms with E-state index < -0.39 is 0 Å². The summed E-state index contributed by atoms with van der Waals surface area (Å²) in [5, 5.41) is 19.6. The Labute approximate surface area is 200 Å². The highest BCUT2D eigenvalue weighted by Crippen LogP contribution is 2.44. The average molecular weight is 445 g/mol. The zero-order chi connectivity index (χ0) is 24.5. The summed E-state index contributed by atoms with van der Waals surface area (Å²) in [6.45, 7) is 14.7. The van der Waals surface area contributed by atoms with Crippen molar-refractivity contribution in [3.8, 4) is 0 Å². The molecular weight excluding hydrogens is 404 g/mol. The molecule has 0 radical (unpaired) electrons. The predicted molar refractivity (Wildman–Crippen MR) is 142 cm³/mol. The van der Waals surface area contributed by atoms with Crippen LogP contribution in [-0.4, -0.2) is 16.8 Å². The van der Waals surface area contributed by atoms with E-state index in [1.807, 2.05) is 32.1 Å². The van der Waals surface area contributed by atoms with Crippen LogP contribution in [0, 0.1) is 0 Å². The van der Waals surface area contributed by atoms with Crippen molar-refractivity contribution < 1.29 is 10.2 Å². The molecule has 1 aliphatic rings. The normalized spacial score (nSPS) is 16.0. The second-order valence-electron chi connectivity index (χ2n) is 8.94. The van der Waals surface area contributed by atoms with Gasteiger partial charge in [-0.15, -0.1) is 0 Å². The molecule has 0 amide bonds. The van der Waals surface area contributed by atoms with E-state index in [0.29, 0.717) is 18.6 Å². The summed E-state index contributed by atoms with van der Waals surface area (Å²) in [5.41, 5.74) is 5.62. The molecule has 0 saturated heterocycles. The molecule has 176 valence electrons. The van der Waals surface area contributed by atoms with Crippen molar-refractivity contribution in [3.05, 3.63) is 119 Å². The van der Waals surface area contributed by atoms with Crippen LogP contribution in [0.2, 0.25) is 0 Å². The Morgan fingerprint density at radius 3 is 1.97 bits per heavy atom. The summed E-state index contributed by atoms with van der Waals surface area (Å²) in [5.74, 6) is 0.419. The molecule has 2 heteroatoms. The monoisotopic (exact) mass is 444 g/mol. The molecule has 2 aromatic carbocycles. The quantitative estimate of drug-likeness (QED) is 0.406. The molecule has 0 aromatic heterocycles. The fraction of sp³-hybridized carbons (Fsp3) is 0.355. The summed E-state index contributed by atoms with van der Waals surface area (Å²) >= 11 is 0. The van der Waals surface area contributed by atoms with Crippen LogP contribution in [0.3, 0.4) is 0 Å². The minimum atomic E-state index is -0.371. The van der Waals surface area contributed by atoms with Gasteiger partial charge in [-0.1, -0.05) is 118 Å². The number of allylic oxidation sites excluding steroid dienone is 6. The highest BCUT2D eigenvalue weighted by Gasteiger charge is 2.35. The summed E-state index contributed by atoms with van der Waals surface area (Å²) in [6, 6.07) is 19.5. The number of benzene rings is 2. The Kier molecular flexibility index (Phi) is 9.49. The van der Waals surface area contributed by atoms with Crippen LogP contribution in [0.25, 0.3) is 0 Å². The molecule has 2 nitrogen and oxygen atoms in total. The van der Waals surface area contributed by atoms with Crippen molar-refractivity contribution >= 4 is 0 Å². The number of aliphatic hydroxyl groups excluding tert-OH is 2. The van der Waals surface area contributed by atoms with Crippen LogP contribution >= 0.6 is 0 Å². The molecule has 1 unspecified atom stereocenters. The van der Waals surface area contributed by atoms with Gasteiger partial charge in [0.1, 0.15) is 0 Å². The fourth-order valence-corrected chi connectivity index (χ4v) is 4.62. The molecule has 0 aliphatic heterocycles. The Bertz CT molecular complexity index is 985. The van der Waals surface area contributed by atoms with E-state index >= 15 is 0 Å². The van der Waals surface area contributed by atoms with Crippen LogP contribution in [0.15, 0.2) is 102 Å². The SMILES string of the molecule is C=C/C=C(\CCO)C(C)(C1=CC=C(O)CC1)c1ccc(C(C)(C)c2ccccc2)cc1.CC. The lowest BCUT2D eigenvalue weighted by atomic mass is 9.66. The van der Waals surface area contributed by atoms with Crippen LogP contribution in [0.4, 0.5) is 0 Å². The summed E-state index contributed by atoms with van der Waals surface area (Å²) in [7, 11) is 0. The van der Waals surface area contributed by atoms with Gasteiger partial charge in [0.25, 0.3) is 0 Å². The van der Waals surface area contributed by atoms with Gasteiger partial charge in [0.05, 0.1) is 5.76 Å². The number of hydrogen-bond donors (Lipinski definition) is 2. The van der Waals surface area contributed by atoms with Gasteiger partial charge in [-0.25, -0.2) is 0 Å². The third kappa shape index (κ3) is 5.75. The maximum atomic E-state index is 9.89. The summed E-state index contributed by atoms with van der Waals surface area (Å²) in [4.78, 5) is 0. The van der Waals surface area contributed by atoms with Crippen molar-refractivity contribution in [1.29, 1.82) is 0 Å². The van der Waals surface area contributed by atoms with Crippen molar-refractivity contribution in [2.24, 2.45) is 0 Å². The predicted octanol–water partition coefficient (Wildman–Crippen LogP) is 7.95. The van der Waals surface area contributed by atoms with Gasteiger partial charge < -0.3 is 10.2 Å². The molecular formula is C31H40O2. The number of rotatable bonds is 8. The van der Waals surface area contributed by atoms with E-state index in [2.05, 4.69) is 75.9 Å². The molecule has 33 heavy (non-hydrogen) atoms. The minimum absolute atomic E-state index is 0.0861. The Hall–Kier alpha value is -2.84. The van der Waals surface area contributed by atoms with Gasteiger partial charge in [-0.05, 0) is 42.5 Å². The van der Waals surface area contributed by atoms with Crippen LogP contribution in [0.5, 0.6) is 0 Å². The lowest BCUT2D eigenvalue weighted by molar-refractivity contribution is 0.293. The molecule has 0 bridgehead atoms. The molecule has 0 fully saturated rings. The van der Waals surface area contributed by atoms with E-state index in [1.54, 1.807) is 12.2 Å². The Morgan fingerprint density at radius 1 is 0.879 bits per heavy atom. The number of hydrogen-bond acceptors (Lipinski definition) is 2. The average Bonchev–Trinajstić information content (AvgIpc) is 2.86. The Balaban J connectivity index is 0.00000187. The molecule has 1 atom stereocenters. The fourth-order valence-electron chi connectivity index (χ4n) is 4.62. The maximum Gasteiger partial charge on any atom is 0.0925 e. The summed E-state index contributed by atoms with van der Waals surface area (Å²) in [6.07, 6.45) is 9.66. The molecule has 0 heterocycles. The molecule has 0 saturated carbocycles. The first-order valence-corrected chi connectivity index (χ1v) is 12.0. The summed E-state index contributed by atoms with van der Waals surface area (Å²) < 4.78 is 0. The van der Waals surface area contributed by atoms with E-state index in [-0.39, 0.29) is 17.4 Å². The van der Waals surface area contributed by atoms with Gasteiger partial charge in [-0.3, -0.25) is 0 Å². The molecule has 2 N–H and O–H groups in total. The first kappa shape index (κ1) is 26.4. The zero-order valence-corrected chi connectivity index (χ0v) is 20.9. The van der Waals surface area contributed by atoms with Crippen molar-refractivity contribution in [1.82, 2.24) is 0 Å². The van der Waals surface area contributed by atoms with E-state index in [1.165, 1.54) is 22.3 Å². The molecule has 0 spiro atoms. The first-order valence-electron chi connectivity index (χ1n) is 12.0. The molecule has 3 rings (SSSR count). The van der Waals surface area contributed by atoms with Crippen molar-refractivity contribution in [2.45, 2.75) is 64.7 Å². The number of aliphatic hydroxyl groups is 2. The highest BCUT2D eigenvalue weighted by molar-refractivity contribution is 5.50. The van der Waals surface area contributed by atoms with Gasteiger partial charge in [0, 0.05) is 23.9 Å². The van der Waals surface area contributed by atoms with Gasteiger partial charge in [-0.2, -0.15) is 0 Å². The highest BCUT2D eigenvalue weighted by atomic mass is 16.3. The van der Waals surface area contributed by atoms with Gasteiger partial charge >= 0.3 is 0 Å². The van der Waals surface area contributed by atoms with E-state index in [4.69, 9.17) is 0 Å². The van der Waals surface area contributed by atoms with E-state index in [0.717, 1.165) is 12.0 Å². The van der Waals surface area contributed by atoms with Crippen molar-refractivity contribution in [2.75, 3.05) is 6.61 Å². The Morgan fingerprint density at radius 2 is 1.45 bits per heavy atom. The second kappa shape index (κ2) is 11.9. The minimum Gasteiger partial charge on any atom is -0.512 e. The van der Waals surface area contributed by atoms with E-state index in [9.17, 15) is 10.2 Å². The third-order valence-corrected chi connectivity index (χ3v) is 6.79. The zero-order valence-electron chi connectivity index (χ0n) is 20.9. The van der Waals surface area contributed by atoms with Crippen LogP contribution < -0.4 is 0 Å². The lowest BCUT2D eigenvalue weighted by Crippen LogP contribution is -2.29. The molecule has 2 aromatic rings. The lowest BCUT2D eigenvalue weighted by Gasteiger charge is -2.37. The van der Waals surface area contributed by atoms with Gasteiger partial charge in [0.2, 0.25) is 0 Å². The van der Waals surface area contributed by atoms with Crippen LogP contribution in [0.1, 0.15) is 70.6 Å². The standard InChI is InChI=1S/C29H34O2.C2H6/c1-5-9-24(20-21-30)29(4,26-16-18-27(31)19-17-26)25-14-12-23(13-15-25)28(2,3)22-10-7-6-8-11-22;1-2/h5-16,18,30-31H,1,17,19-21H2,2-4H3;1-2H3/b24-9+;. The topological polar surface area (TPSA) is 40.5 Å².